The van der Waals surface area contributed by atoms with Crippen LogP contribution in [0, 0.1) is 5.92 Å². The summed E-state index contributed by atoms with van der Waals surface area (Å²) < 4.78 is 1.10. The van der Waals surface area contributed by atoms with E-state index in [2.05, 4.69) is 49.4 Å². The third kappa shape index (κ3) is 6.96. The first-order valence-corrected chi connectivity index (χ1v) is 8.91. The molecule has 24 heavy (non-hydrogen) atoms. The highest BCUT2D eigenvalue weighted by Gasteiger charge is 2.28. The Kier molecular flexibility index (Phi) is 9.65. The molecule has 2 N–H and O–H groups in total. The van der Waals surface area contributed by atoms with E-state index in [1.165, 1.54) is 5.56 Å². The average molecular weight is 509 g/mol. The maximum absolute atomic E-state index is 11.6. The lowest BCUT2D eigenvalue weighted by molar-refractivity contribution is -0.122. The van der Waals surface area contributed by atoms with Gasteiger partial charge >= 0.3 is 0 Å². The Morgan fingerprint density at radius 3 is 2.67 bits per heavy atom. The predicted octanol–water partition coefficient (Wildman–Crippen LogP) is 2.99. The van der Waals surface area contributed by atoms with Gasteiger partial charge in [-0.1, -0.05) is 34.1 Å². The number of aliphatic imine (C=N–C) groups is 1. The number of carbonyl (C=O) groups is 1. The summed E-state index contributed by atoms with van der Waals surface area (Å²) in [6.07, 6.45) is 2.07. The average Bonchev–Trinajstić information content (AvgIpc) is 3.37. The minimum Gasteiger partial charge on any atom is -0.357 e. The molecule has 1 aliphatic carbocycles. The number of nitrogens with zero attached hydrogens (tertiary/aromatic N) is 2. The zero-order valence-electron chi connectivity index (χ0n) is 14.2. The number of nitrogens with one attached hydrogen (secondary N) is 2. The summed E-state index contributed by atoms with van der Waals surface area (Å²) in [7, 11) is 2.02. The van der Waals surface area contributed by atoms with Crippen molar-refractivity contribution >= 4 is 51.8 Å². The Morgan fingerprint density at radius 1 is 1.33 bits per heavy atom. The second-order valence-corrected chi connectivity index (χ2v) is 6.60. The van der Waals surface area contributed by atoms with E-state index < -0.39 is 0 Å². The minimum absolute atomic E-state index is 0. The number of carbonyl (C=O) groups excluding carboxylic acids is 1. The molecule has 0 saturated heterocycles. The van der Waals surface area contributed by atoms with Crippen LogP contribution in [0.15, 0.2) is 33.7 Å². The third-order valence-corrected chi connectivity index (χ3v) is 4.46. The number of hydrogen-bond acceptors (Lipinski definition) is 2. The largest absolute Gasteiger partial charge is 0.357 e. The van der Waals surface area contributed by atoms with Crippen LogP contribution in [-0.2, 0) is 11.3 Å². The zero-order valence-corrected chi connectivity index (χ0v) is 18.1. The quantitative estimate of drug-likeness (QED) is 0.257. The van der Waals surface area contributed by atoms with Gasteiger partial charge in [-0.2, -0.15) is 0 Å². The van der Waals surface area contributed by atoms with Crippen LogP contribution >= 0.6 is 39.9 Å². The van der Waals surface area contributed by atoms with E-state index in [0.29, 0.717) is 13.1 Å². The Labute approximate surface area is 169 Å². The van der Waals surface area contributed by atoms with Crippen LogP contribution < -0.4 is 10.6 Å². The summed E-state index contributed by atoms with van der Waals surface area (Å²) in [6, 6.07) is 8.18. The lowest BCUT2D eigenvalue weighted by atomic mass is 10.2. The number of benzene rings is 1. The van der Waals surface area contributed by atoms with Crippen molar-refractivity contribution in [3.05, 3.63) is 34.3 Å². The van der Waals surface area contributed by atoms with Crippen LogP contribution in [0.25, 0.3) is 0 Å². The number of amides is 1. The SMILES string of the molecule is CCNC(=NCCNC(=O)C1CC1)N(C)Cc1ccccc1Br.I. The first-order valence-electron chi connectivity index (χ1n) is 8.12. The molecule has 5 nitrogen and oxygen atoms in total. The zero-order chi connectivity index (χ0) is 16.7. The van der Waals surface area contributed by atoms with Gasteiger partial charge in [-0.05, 0) is 31.4 Å². The maximum Gasteiger partial charge on any atom is 0.223 e. The highest BCUT2D eigenvalue weighted by Crippen LogP contribution is 2.28. The fraction of sp³-hybridized carbons (Fsp3) is 0.529. The molecule has 1 aromatic carbocycles. The van der Waals surface area contributed by atoms with E-state index in [0.717, 1.165) is 36.4 Å². The van der Waals surface area contributed by atoms with Gasteiger partial charge in [0, 0.05) is 37.1 Å². The van der Waals surface area contributed by atoms with Gasteiger partial charge in [-0.3, -0.25) is 9.79 Å². The van der Waals surface area contributed by atoms with Crippen LogP contribution in [0.2, 0.25) is 0 Å². The molecule has 0 aromatic heterocycles. The molecule has 0 atom stereocenters. The fourth-order valence-corrected chi connectivity index (χ4v) is 2.67. The standard InChI is InChI=1S/C17H25BrN4O.HI/c1-3-19-17(21-11-10-20-16(23)13-8-9-13)22(2)12-14-6-4-5-7-15(14)18;/h4-7,13H,3,8-12H2,1-2H3,(H,19,21)(H,20,23);1H. The maximum atomic E-state index is 11.6. The second-order valence-electron chi connectivity index (χ2n) is 5.75. The molecular weight excluding hydrogens is 483 g/mol. The molecule has 0 unspecified atom stereocenters. The molecule has 1 amide bonds. The van der Waals surface area contributed by atoms with Gasteiger partial charge in [0.25, 0.3) is 0 Å². The van der Waals surface area contributed by atoms with Crippen LogP contribution in [0.4, 0.5) is 0 Å². The van der Waals surface area contributed by atoms with Crippen molar-refractivity contribution in [2.24, 2.45) is 10.9 Å². The molecule has 0 heterocycles. The molecule has 0 spiro atoms. The summed E-state index contributed by atoms with van der Waals surface area (Å²) >= 11 is 3.58. The van der Waals surface area contributed by atoms with Gasteiger partial charge in [0.2, 0.25) is 5.91 Å². The minimum atomic E-state index is 0. The summed E-state index contributed by atoms with van der Waals surface area (Å²) in [4.78, 5) is 18.3. The smallest absolute Gasteiger partial charge is 0.223 e. The molecule has 1 aromatic rings. The van der Waals surface area contributed by atoms with Crippen molar-refractivity contribution in [1.82, 2.24) is 15.5 Å². The van der Waals surface area contributed by atoms with E-state index in [-0.39, 0.29) is 35.8 Å². The van der Waals surface area contributed by atoms with E-state index >= 15 is 0 Å². The number of guanidine groups is 1. The van der Waals surface area contributed by atoms with Crippen LogP contribution in [0.1, 0.15) is 25.3 Å². The first kappa shape index (κ1) is 21.2. The van der Waals surface area contributed by atoms with Gasteiger partial charge in [0.15, 0.2) is 5.96 Å². The van der Waals surface area contributed by atoms with Gasteiger partial charge in [0.05, 0.1) is 6.54 Å². The van der Waals surface area contributed by atoms with Crippen molar-refractivity contribution < 1.29 is 4.79 Å². The Bertz CT molecular complexity index is 563. The topological polar surface area (TPSA) is 56.7 Å². The molecule has 134 valence electrons. The molecule has 2 rings (SSSR count). The van der Waals surface area contributed by atoms with Crippen molar-refractivity contribution in [2.45, 2.75) is 26.3 Å². The first-order chi connectivity index (χ1) is 11.1. The highest BCUT2D eigenvalue weighted by molar-refractivity contribution is 14.0. The van der Waals surface area contributed by atoms with Crippen molar-refractivity contribution in [3.8, 4) is 0 Å². The Morgan fingerprint density at radius 2 is 2.04 bits per heavy atom. The Balaban J connectivity index is 0.00000288. The summed E-state index contributed by atoms with van der Waals surface area (Å²) in [5.74, 6) is 1.28. The third-order valence-electron chi connectivity index (χ3n) is 3.68. The number of halogens is 2. The van der Waals surface area contributed by atoms with Crippen LogP contribution in [0.3, 0.4) is 0 Å². The molecule has 0 bridgehead atoms. The van der Waals surface area contributed by atoms with Crippen LogP contribution in [0.5, 0.6) is 0 Å². The summed E-state index contributed by atoms with van der Waals surface area (Å²) in [5.41, 5.74) is 1.21. The number of hydrogen-bond donors (Lipinski definition) is 2. The van der Waals surface area contributed by atoms with Crippen molar-refractivity contribution in [3.63, 3.8) is 0 Å². The molecule has 0 aliphatic heterocycles. The van der Waals surface area contributed by atoms with Gasteiger partial charge in [-0.25, -0.2) is 0 Å². The van der Waals surface area contributed by atoms with E-state index in [4.69, 9.17) is 0 Å². The molecule has 1 fully saturated rings. The van der Waals surface area contributed by atoms with Gasteiger partial charge < -0.3 is 15.5 Å². The lowest BCUT2D eigenvalue weighted by Gasteiger charge is -2.22. The van der Waals surface area contributed by atoms with Gasteiger partial charge in [-0.15, -0.1) is 24.0 Å². The summed E-state index contributed by atoms with van der Waals surface area (Å²) in [6.45, 7) is 4.81. The Hall–Kier alpha value is -0.830. The van der Waals surface area contributed by atoms with Crippen LogP contribution in [-0.4, -0.2) is 43.4 Å². The van der Waals surface area contributed by atoms with E-state index in [1.807, 2.05) is 25.2 Å². The predicted molar refractivity (Wildman–Crippen MR) is 113 cm³/mol. The van der Waals surface area contributed by atoms with E-state index in [1.54, 1.807) is 0 Å². The highest BCUT2D eigenvalue weighted by atomic mass is 127. The monoisotopic (exact) mass is 508 g/mol. The molecular formula is C17H26BrIN4O. The van der Waals surface area contributed by atoms with Gasteiger partial charge in [0.1, 0.15) is 0 Å². The summed E-state index contributed by atoms with van der Waals surface area (Å²) in [5, 5.41) is 6.23. The molecule has 0 radical (unpaired) electrons. The molecule has 7 heteroatoms. The van der Waals surface area contributed by atoms with Crippen molar-refractivity contribution in [1.29, 1.82) is 0 Å². The normalized spacial score (nSPS) is 13.9. The second kappa shape index (κ2) is 10.9. The number of rotatable bonds is 7. The molecule has 1 saturated carbocycles. The van der Waals surface area contributed by atoms with E-state index in [9.17, 15) is 4.79 Å². The lowest BCUT2D eigenvalue weighted by Crippen LogP contribution is -2.39. The van der Waals surface area contributed by atoms with Crippen molar-refractivity contribution in [2.75, 3.05) is 26.7 Å². The molecule has 1 aliphatic rings. The fourth-order valence-electron chi connectivity index (χ4n) is 2.26.